The summed E-state index contributed by atoms with van der Waals surface area (Å²) in [6, 6.07) is 12.5. The van der Waals surface area contributed by atoms with Crippen LogP contribution in [-0.2, 0) is 0 Å². The number of para-hydroxylation sites is 1. The average Bonchev–Trinajstić information content (AvgIpc) is 2.47. The quantitative estimate of drug-likeness (QED) is 0.921. The molecule has 0 fully saturated rings. The van der Waals surface area contributed by atoms with Crippen molar-refractivity contribution in [3.8, 4) is 11.5 Å². The van der Waals surface area contributed by atoms with E-state index in [1.54, 1.807) is 18.2 Å². The molecule has 1 atom stereocenters. The first kappa shape index (κ1) is 13.7. The number of benzene rings is 2. The molecule has 0 aromatic heterocycles. The molecule has 1 aliphatic rings. The minimum absolute atomic E-state index is 0.148. The number of hydrogen-bond donors (Lipinski definition) is 1. The third-order valence-corrected chi connectivity index (χ3v) is 3.36. The van der Waals surface area contributed by atoms with Gasteiger partial charge in [-0.2, -0.15) is 8.78 Å². The molecular weight excluding hydrogens is 276 g/mol. The molecule has 3 rings (SSSR count). The molecule has 1 unspecified atom stereocenters. The zero-order valence-corrected chi connectivity index (χ0v) is 11.5. The second-order valence-corrected chi connectivity index (χ2v) is 4.90. The van der Waals surface area contributed by atoms with E-state index in [0.717, 1.165) is 11.3 Å². The Bertz CT molecular complexity index is 646. The Morgan fingerprint density at radius 2 is 2.05 bits per heavy atom. The third kappa shape index (κ3) is 2.91. The van der Waals surface area contributed by atoms with Gasteiger partial charge in [-0.05, 0) is 30.7 Å². The second kappa shape index (κ2) is 5.60. The Morgan fingerprint density at radius 1 is 1.24 bits per heavy atom. The molecule has 0 amide bonds. The number of fused-ring (bicyclic) bond motifs is 1. The first-order chi connectivity index (χ1) is 10.1. The lowest BCUT2D eigenvalue weighted by Gasteiger charge is -2.29. The van der Waals surface area contributed by atoms with Crippen molar-refractivity contribution in [1.82, 2.24) is 0 Å². The highest BCUT2D eigenvalue weighted by Crippen LogP contribution is 2.37. The molecule has 0 saturated carbocycles. The summed E-state index contributed by atoms with van der Waals surface area (Å²) in [5, 5.41) is 3.26. The van der Waals surface area contributed by atoms with Gasteiger partial charge in [0.2, 0.25) is 0 Å². The molecule has 0 radical (unpaired) electrons. The number of alkyl halides is 2. The van der Waals surface area contributed by atoms with Crippen molar-refractivity contribution in [2.24, 2.45) is 0 Å². The van der Waals surface area contributed by atoms with Gasteiger partial charge in [-0.1, -0.05) is 24.3 Å². The highest BCUT2D eigenvalue weighted by atomic mass is 19.3. The van der Waals surface area contributed by atoms with Crippen molar-refractivity contribution in [1.29, 1.82) is 0 Å². The molecule has 2 aromatic rings. The van der Waals surface area contributed by atoms with Crippen LogP contribution in [0, 0.1) is 6.92 Å². The van der Waals surface area contributed by atoms with E-state index in [1.807, 2.05) is 25.1 Å². The Balaban J connectivity index is 1.88. The minimum atomic E-state index is -2.85. The smallest absolute Gasteiger partial charge is 0.387 e. The zero-order valence-electron chi connectivity index (χ0n) is 11.5. The Kier molecular flexibility index (Phi) is 3.64. The summed E-state index contributed by atoms with van der Waals surface area (Å²) in [5.41, 5.74) is 2.65. The molecular formula is C16H15F2NO2. The molecule has 0 aliphatic carbocycles. The van der Waals surface area contributed by atoms with Crippen LogP contribution in [-0.4, -0.2) is 13.2 Å². The van der Waals surface area contributed by atoms with Crippen LogP contribution in [0.25, 0.3) is 0 Å². The molecule has 3 nitrogen and oxygen atoms in total. The number of aryl methyl sites for hydroxylation is 1. The number of halogens is 2. The van der Waals surface area contributed by atoms with E-state index in [-0.39, 0.29) is 11.9 Å². The summed E-state index contributed by atoms with van der Waals surface area (Å²) in [4.78, 5) is 0. The lowest BCUT2D eigenvalue weighted by Crippen LogP contribution is -2.24. The molecule has 110 valence electrons. The van der Waals surface area contributed by atoms with Crippen LogP contribution in [0.1, 0.15) is 17.2 Å². The maximum atomic E-state index is 12.5. The first-order valence-electron chi connectivity index (χ1n) is 6.68. The number of rotatable bonds is 3. The number of anilines is 1. The molecule has 0 bridgehead atoms. The topological polar surface area (TPSA) is 30.5 Å². The largest absolute Gasteiger partial charge is 0.482 e. The fourth-order valence-corrected chi connectivity index (χ4v) is 2.41. The van der Waals surface area contributed by atoms with Crippen LogP contribution < -0.4 is 14.8 Å². The fourth-order valence-electron chi connectivity index (χ4n) is 2.41. The van der Waals surface area contributed by atoms with E-state index in [9.17, 15) is 8.78 Å². The Hall–Kier alpha value is -2.30. The highest BCUT2D eigenvalue weighted by molar-refractivity contribution is 5.60. The van der Waals surface area contributed by atoms with Crippen molar-refractivity contribution in [3.05, 3.63) is 53.6 Å². The van der Waals surface area contributed by atoms with E-state index < -0.39 is 6.61 Å². The molecule has 1 heterocycles. The van der Waals surface area contributed by atoms with E-state index in [0.29, 0.717) is 17.9 Å². The first-order valence-corrected chi connectivity index (χ1v) is 6.68. The van der Waals surface area contributed by atoms with Crippen molar-refractivity contribution in [2.45, 2.75) is 19.6 Å². The predicted molar refractivity (Wildman–Crippen MR) is 76.1 cm³/mol. The maximum absolute atomic E-state index is 12.5. The number of hydrogen-bond acceptors (Lipinski definition) is 3. The summed E-state index contributed by atoms with van der Waals surface area (Å²) in [7, 11) is 0. The van der Waals surface area contributed by atoms with Crippen LogP contribution in [0.3, 0.4) is 0 Å². The average molecular weight is 291 g/mol. The van der Waals surface area contributed by atoms with Gasteiger partial charge < -0.3 is 14.8 Å². The summed E-state index contributed by atoms with van der Waals surface area (Å²) in [5.74, 6) is 0.860. The molecule has 0 spiro atoms. The highest BCUT2D eigenvalue weighted by Gasteiger charge is 2.24. The van der Waals surface area contributed by atoms with Gasteiger partial charge in [0.1, 0.15) is 17.6 Å². The van der Waals surface area contributed by atoms with Crippen molar-refractivity contribution >= 4 is 5.69 Å². The van der Waals surface area contributed by atoms with Gasteiger partial charge in [0, 0.05) is 5.56 Å². The van der Waals surface area contributed by atoms with Gasteiger partial charge in [-0.3, -0.25) is 0 Å². The van der Waals surface area contributed by atoms with Crippen LogP contribution in [0.2, 0.25) is 0 Å². The lowest BCUT2D eigenvalue weighted by atomic mass is 10.1. The second-order valence-electron chi connectivity index (χ2n) is 4.90. The van der Waals surface area contributed by atoms with E-state index in [1.165, 1.54) is 6.07 Å². The molecule has 21 heavy (non-hydrogen) atoms. The van der Waals surface area contributed by atoms with Crippen LogP contribution in [0.15, 0.2) is 42.5 Å². The van der Waals surface area contributed by atoms with Gasteiger partial charge in [-0.25, -0.2) is 0 Å². The van der Waals surface area contributed by atoms with Gasteiger partial charge in [-0.15, -0.1) is 0 Å². The van der Waals surface area contributed by atoms with Crippen LogP contribution in [0.5, 0.6) is 11.5 Å². The SMILES string of the molecule is Cc1ccc2c(c1)NCC(c1ccccc1OC(F)F)O2. The summed E-state index contributed by atoms with van der Waals surface area (Å²) >= 11 is 0. The van der Waals surface area contributed by atoms with Gasteiger partial charge in [0.25, 0.3) is 0 Å². The van der Waals surface area contributed by atoms with Gasteiger partial charge in [0.05, 0.1) is 12.2 Å². The molecule has 2 aromatic carbocycles. The van der Waals surface area contributed by atoms with Crippen LogP contribution >= 0.6 is 0 Å². The third-order valence-electron chi connectivity index (χ3n) is 3.36. The van der Waals surface area contributed by atoms with Crippen molar-refractivity contribution in [2.75, 3.05) is 11.9 Å². The van der Waals surface area contributed by atoms with Crippen molar-refractivity contribution in [3.63, 3.8) is 0 Å². The van der Waals surface area contributed by atoms with Gasteiger partial charge in [0.15, 0.2) is 0 Å². The molecule has 5 heteroatoms. The molecule has 1 N–H and O–H groups in total. The van der Waals surface area contributed by atoms with Crippen LogP contribution in [0.4, 0.5) is 14.5 Å². The summed E-state index contributed by atoms with van der Waals surface area (Å²) in [6.07, 6.45) is -0.366. The predicted octanol–water partition coefficient (Wildman–Crippen LogP) is 4.14. The Labute approximate surface area is 121 Å². The molecule has 0 saturated heterocycles. The lowest BCUT2D eigenvalue weighted by molar-refractivity contribution is -0.0513. The van der Waals surface area contributed by atoms with E-state index >= 15 is 0 Å². The monoisotopic (exact) mass is 291 g/mol. The zero-order chi connectivity index (χ0) is 14.8. The number of ether oxygens (including phenoxy) is 2. The normalized spacial score (nSPS) is 16.9. The van der Waals surface area contributed by atoms with Gasteiger partial charge >= 0.3 is 6.61 Å². The summed E-state index contributed by atoms with van der Waals surface area (Å²) in [6.45, 7) is -0.350. The van der Waals surface area contributed by atoms with E-state index in [2.05, 4.69) is 10.1 Å². The fraction of sp³-hybridized carbons (Fsp3) is 0.250. The Morgan fingerprint density at radius 3 is 2.86 bits per heavy atom. The van der Waals surface area contributed by atoms with Crippen molar-refractivity contribution < 1.29 is 18.3 Å². The van der Waals surface area contributed by atoms with E-state index in [4.69, 9.17) is 4.74 Å². The summed E-state index contributed by atoms with van der Waals surface area (Å²) < 4.78 is 35.4. The standard InChI is InChI=1S/C16H15F2NO2/c1-10-6-7-14-12(8-10)19-9-15(20-14)11-4-2-3-5-13(11)21-16(17)18/h2-8,15-16,19H,9H2,1H3. The maximum Gasteiger partial charge on any atom is 0.387 e. The molecule has 1 aliphatic heterocycles. The number of nitrogens with one attached hydrogen (secondary N) is 1. The minimum Gasteiger partial charge on any atom is -0.482 e.